The number of hydrogen-bond donors (Lipinski definition) is 0. The minimum atomic E-state index is -3.68. The summed E-state index contributed by atoms with van der Waals surface area (Å²) in [6.07, 6.45) is 7.12. The molecule has 162 valence electrons. The predicted octanol–water partition coefficient (Wildman–Crippen LogP) is 3.57. The fourth-order valence-corrected chi connectivity index (χ4v) is 6.17. The van der Waals surface area contributed by atoms with E-state index in [4.69, 9.17) is 11.8 Å². The third-order valence-electron chi connectivity index (χ3n) is 5.67. The van der Waals surface area contributed by atoms with E-state index in [0.29, 0.717) is 42.5 Å². The van der Waals surface area contributed by atoms with Gasteiger partial charge in [-0.1, -0.05) is 19.3 Å². The highest BCUT2D eigenvalue weighted by atomic mass is 35.5. The van der Waals surface area contributed by atoms with Crippen molar-refractivity contribution in [3.05, 3.63) is 12.5 Å². The van der Waals surface area contributed by atoms with Gasteiger partial charge >= 0.3 is 0 Å². The molecule has 29 heavy (non-hydrogen) atoms. The molecule has 0 amide bonds. The summed E-state index contributed by atoms with van der Waals surface area (Å²) >= 11 is 6.34. The molecule has 0 unspecified atom stereocenters. The molecule has 0 radical (unpaired) electrons. The van der Waals surface area contributed by atoms with Gasteiger partial charge in [-0.15, -0.1) is 0 Å². The summed E-state index contributed by atoms with van der Waals surface area (Å²) in [4.78, 5) is 10.9. The minimum Gasteiger partial charge on any atom is -0.297 e. The molecule has 8 nitrogen and oxygen atoms in total. The molecule has 2 aromatic rings. The topological polar surface area (TPSA) is 84.2 Å². The van der Waals surface area contributed by atoms with Crippen molar-refractivity contribution >= 4 is 38.7 Å². The lowest BCUT2D eigenvalue weighted by molar-refractivity contribution is 0.167. The summed E-state index contributed by atoms with van der Waals surface area (Å²) in [5.41, 5.74) is 0.590. The second-order valence-corrected chi connectivity index (χ2v) is 10.8. The zero-order valence-electron chi connectivity index (χ0n) is 17.6. The molecule has 2 heterocycles. The molecule has 3 rings (SSSR count). The van der Waals surface area contributed by atoms with Gasteiger partial charge in [-0.25, -0.2) is 23.1 Å². The average molecular weight is 443 g/mol. The molecule has 10 heteroatoms. The Morgan fingerprint density at radius 1 is 1.14 bits per heavy atom. The fourth-order valence-electron chi connectivity index (χ4n) is 4.12. The maximum absolute atomic E-state index is 13.0. The Morgan fingerprint density at radius 3 is 2.41 bits per heavy atom. The van der Waals surface area contributed by atoms with Gasteiger partial charge in [-0.2, -0.15) is 8.92 Å². The van der Waals surface area contributed by atoms with E-state index in [-0.39, 0.29) is 5.82 Å². The van der Waals surface area contributed by atoms with Crippen molar-refractivity contribution in [1.29, 1.82) is 0 Å². The van der Waals surface area contributed by atoms with Crippen molar-refractivity contribution in [2.24, 2.45) is 0 Å². The normalized spacial score (nSPS) is 16.4. The minimum absolute atomic E-state index is 0.179. The Kier molecular flexibility index (Phi) is 7.01. The van der Waals surface area contributed by atoms with Crippen LogP contribution in [-0.4, -0.2) is 56.9 Å². The van der Waals surface area contributed by atoms with Gasteiger partial charge in [0.05, 0.1) is 23.4 Å². The van der Waals surface area contributed by atoms with Crippen molar-refractivity contribution in [2.75, 3.05) is 10.4 Å². The first-order valence-corrected chi connectivity index (χ1v) is 12.2. The van der Waals surface area contributed by atoms with Crippen LogP contribution < -0.4 is 3.82 Å². The predicted molar refractivity (Wildman–Crippen MR) is 116 cm³/mol. The van der Waals surface area contributed by atoms with Crippen molar-refractivity contribution in [3.63, 3.8) is 0 Å². The highest BCUT2D eigenvalue weighted by molar-refractivity contribution is 7.94. The van der Waals surface area contributed by atoms with Crippen molar-refractivity contribution in [3.8, 4) is 0 Å². The Hall–Kier alpha value is -1.45. The second kappa shape index (κ2) is 9.14. The molecule has 0 spiro atoms. The van der Waals surface area contributed by atoms with Crippen LogP contribution >= 0.6 is 11.8 Å². The molecule has 1 saturated carbocycles. The Labute approximate surface area is 178 Å². The van der Waals surface area contributed by atoms with Crippen LogP contribution in [0.2, 0.25) is 0 Å². The number of hydrogen-bond acceptors (Lipinski definition) is 6. The van der Waals surface area contributed by atoms with E-state index in [1.54, 1.807) is 10.9 Å². The number of halogens is 1. The highest BCUT2D eigenvalue weighted by Gasteiger charge is 2.34. The maximum Gasteiger partial charge on any atom is 0.253 e. The number of aromatic nitrogens is 4. The van der Waals surface area contributed by atoms with Crippen LogP contribution in [0.3, 0.4) is 0 Å². The zero-order valence-corrected chi connectivity index (χ0v) is 19.2. The molecule has 0 aromatic carbocycles. The second-order valence-electron chi connectivity index (χ2n) is 8.25. The van der Waals surface area contributed by atoms with Crippen LogP contribution in [0.15, 0.2) is 12.5 Å². The lowest BCUT2D eigenvalue weighted by Crippen LogP contribution is -2.39. The van der Waals surface area contributed by atoms with Gasteiger partial charge in [0.15, 0.2) is 11.5 Å². The molecule has 0 N–H and O–H groups in total. The van der Waals surface area contributed by atoms with E-state index in [0.717, 1.165) is 29.6 Å². The quantitative estimate of drug-likeness (QED) is 0.581. The molecular formula is C19H31ClN6O2S. The molecule has 0 aliphatic heterocycles. The highest BCUT2D eigenvalue weighted by Crippen LogP contribution is 2.32. The largest absolute Gasteiger partial charge is 0.297 e. The van der Waals surface area contributed by atoms with Crippen LogP contribution in [0.25, 0.3) is 11.0 Å². The summed E-state index contributed by atoms with van der Waals surface area (Å²) in [6, 6.07) is 0.835. The molecule has 0 saturated heterocycles. The Bertz CT molecular complexity index is 916. The van der Waals surface area contributed by atoms with Gasteiger partial charge in [-0.3, -0.25) is 4.90 Å². The van der Waals surface area contributed by atoms with Crippen LogP contribution in [0.5, 0.6) is 0 Å². The van der Waals surface area contributed by atoms with E-state index >= 15 is 0 Å². The lowest BCUT2D eigenvalue weighted by atomic mass is 10.0. The molecular weight excluding hydrogens is 412 g/mol. The zero-order chi connectivity index (χ0) is 21.2. The first-order valence-electron chi connectivity index (χ1n) is 10.4. The van der Waals surface area contributed by atoms with Crippen molar-refractivity contribution < 1.29 is 8.42 Å². The third-order valence-corrected chi connectivity index (χ3v) is 8.34. The first kappa shape index (κ1) is 22.2. The van der Waals surface area contributed by atoms with E-state index in [2.05, 4.69) is 47.7 Å². The maximum atomic E-state index is 13.0. The van der Waals surface area contributed by atoms with E-state index in [9.17, 15) is 8.42 Å². The third kappa shape index (κ3) is 4.67. The Balaban J connectivity index is 1.86. The molecule has 1 fully saturated rings. The molecule has 1 aliphatic carbocycles. The summed E-state index contributed by atoms with van der Waals surface area (Å²) in [5, 5.41) is 4.52. The molecule has 0 bridgehead atoms. The van der Waals surface area contributed by atoms with E-state index in [1.165, 1.54) is 6.33 Å². The van der Waals surface area contributed by atoms with Gasteiger partial charge in [0.2, 0.25) is 0 Å². The smallest absolute Gasteiger partial charge is 0.253 e. The van der Waals surface area contributed by atoms with Gasteiger partial charge in [0.1, 0.15) is 6.33 Å². The van der Waals surface area contributed by atoms with E-state index in [1.807, 2.05) is 0 Å². The van der Waals surface area contributed by atoms with Crippen LogP contribution in [-0.2, 0) is 16.6 Å². The van der Waals surface area contributed by atoms with Crippen LogP contribution in [0, 0.1) is 0 Å². The molecule has 2 aromatic heterocycles. The summed E-state index contributed by atoms with van der Waals surface area (Å²) in [5.74, 6) is 0.179. The van der Waals surface area contributed by atoms with Gasteiger partial charge in [0, 0.05) is 30.4 Å². The van der Waals surface area contributed by atoms with Crippen molar-refractivity contribution in [1.82, 2.24) is 24.6 Å². The van der Waals surface area contributed by atoms with Gasteiger partial charge in [0.25, 0.3) is 10.0 Å². The summed E-state index contributed by atoms with van der Waals surface area (Å²) in [6.45, 7) is 10.1. The number of rotatable bonds is 8. The molecule has 0 atom stereocenters. The van der Waals surface area contributed by atoms with E-state index < -0.39 is 15.3 Å². The lowest BCUT2D eigenvalue weighted by Gasteiger charge is -2.30. The number of nitrogens with zero attached hydrogens (tertiary/aromatic N) is 6. The number of sulfonamides is 1. The standard InChI is InChI=1S/C19H31ClN6O2S/c1-14(2)24(15(3)4)10-11-25-18-17(12-23-25)19(22-13-21-18)26(20)29(27,28)16-8-6-5-7-9-16/h12-16H,5-11H2,1-4H3. The summed E-state index contributed by atoms with van der Waals surface area (Å²) in [7, 11) is -3.68. The number of fused-ring (bicyclic) bond motifs is 1. The molecule has 1 aliphatic rings. The average Bonchev–Trinajstić information content (AvgIpc) is 3.11. The number of anilines is 1. The van der Waals surface area contributed by atoms with Gasteiger partial charge in [-0.05, 0) is 40.5 Å². The van der Waals surface area contributed by atoms with Crippen molar-refractivity contribution in [2.45, 2.75) is 83.7 Å². The summed E-state index contributed by atoms with van der Waals surface area (Å²) < 4.78 is 28.6. The first-order chi connectivity index (χ1) is 13.7. The SMILES string of the molecule is CC(C)N(CCn1ncc2c(N(Cl)S(=O)(=O)C3CCCCC3)ncnc21)C(C)C. The van der Waals surface area contributed by atoms with Gasteiger partial charge < -0.3 is 0 Å². The Morgan fingerprint density at radius 2 is 1.79 bits per heavy atom. The van der Waals surface area contributed by atoms with Crippen LogP contribution in [0.4, 0.5) is 5.82 Å². The monoisotopic (exact) mass is 442 g/mol. The van der Waals surface area contributed by atoms with Crippen LogP contribution in [0.1, 0.15) is 59.8 Å². The fraction of sp³-hybridized carbons (Fsp3) is 0.737.